The minimum atomic E-state index is -1.68. The quantitative estimate of drug-likeness (QED) is 0.120. The normalized spacial score (nSPS) is 32.4. The van der Waals surface area contributed by atoms with Crippen LogP contribution in [-0.4, -0.2) is 130 Å². The predicted molar refractivity (Wildman–Crippen MR) is 144 cm³/mol. The van der Waals surface area contributed by atoms with E-state index in [1.807, 2.05) is 0 Å². The van der Waals surface area contributed by atoms with Gasteiger partial charge in [0.05, 0.1) is 18.8 Å². The summed E-state index contributed by atoms with van der Waals surface area (Å²) in [6.45, 7) is 3.50. The van der Waals surface area contributed by atoms with Crippen molar-refractivity contribution in [3.8, 4) is 0 Å². The number of esters is 1. The third-order valence-electron chi connectivity index (χ3n) is 7.13. The van der Waals surface area contributed by atoms with Crippen LogP contribution in [0.15, 0.2) is 18.2 Å². The standard InChI is InChI=1S/C27H39N3O13/c1-11-6-5-7-12(2)18(11)26(39)40-10-17(35)30-25-19(28-13(3)33)23(38)24(16(9-32)41-25)43-27-20(29-14(4)34)22(37)21(36)15(8-31)42-27/h5-7,15-16,19-25,27,31-32,36-38H,8-10H2,1-4H3,(H,28,33)(H,29,34)(H,30,35)/t15-,16-,19-,20-,21-,22-,23-,24-,25-,27+/m1/s1. The van der Waals surface area contributed by atoms with Crippen LogP contribution >= 0.6 is 0 Å². The fourth-order valence-electron chi connectivity index (χ4n) is 5.07. The second-order valence-corrected chi connectivity index (χ2v) is 10.4. The van der Waals surface area contributed by atoms with Crippen molar-refractivity contribution in [1.29, 1.82) is 0 Å². The topological polar surface area (TPSA) is 242 Å². The van der Waals surface area contributed by atoms with Crippen LogP contribution in [-0.2, 0) is 33.3 Å². The second-order valence-electron chi connectivity index (χ2n) is 10.4. The third kappa shape index (κ3) is 8.24. The lowest BCUT2D eigenvalue weighted by Gasteiger charge is -2.48. The molecule has 2 aliphatic heterocycles. The first kappa shape index (κ1) is 34.3. The maximum absolute atomic E-state index is 12.7. The maximum Gasteiger partial charge on any atom is 0.339 e. The Hall–Kier alpha value is -3.22. The van der Waals surface area contributed by atoms with Crippen LogP contribution in [0.1, 0.15) is 35.3 Å². The van der Waals surface area contributed by atoms with Gasteiger partial charge in [-0.2, -0.15) is 0 Å². The van der Waals surface area contributed by atoms with E-state index in [2.05, 4.69) is 16.0 Å². The van der Waals surface area contributed by atoms with E-state index >= 15 is 0 Å². The fourth-order valence-corrected chi connectivity index (χ4v) is 5.07. The summed E-state index contributed by atoms with van der Waals surface area (Å²) in [5.74, 6) is -2.82. The molecule has 2 saturated heterocycles. The van der Waals surface area contributed by atoms with E-state index < -0.39 is 105 Å². The van der Waals surface area contributed by atoms with Gasteiger partial charge in [0.25, 0.3) is 5.91 Å². The average Bonchev–Trinajstić information content (AvgIpc) is 2.94. The summed E-state index contributed by atoms with van der Waals surface area (Å²) in [6, 6.07) is 2.47. The molecule has 2 fully saturated rings. The Bertz CT molecular complexity index is 1150. The molecule has 2 heterocycles. The number of aryl methyl sites for hydroxylation is 2. The fraction of sp³-hybridized carbons (Fsp3) is 0.630. The Kier molecular flexibility index (Phi) is 11.9. The number of benzene rings is 1. The summed E-state index contributed by atoms with van der Waals surface area (Å²) in [6.07, 6.45) is -12.1. The minimum absolute atomic E-state index is 0.305. The van der Waals surface area contributed by atoms with Gasteiger partial charge in [-0.3, -0.25) is 14.4 Å². The van der Waals surface area contributed by atoms with Crippen molar-refractivity contribution in [2.45, 2.75) is 88.9 Å². The molecule has 240 valence electrons. The Balaban J connectivity index is 1.76. The van der Waals surface area contributed by atoms with Gasteiger partial charge in [0.2, 0.25) is 11.8 Å². The molecule has 0 bridgehead atoms. The van der Waals surface area contributed by atoms with Gasteiger partial charge in [0, 0.05) is 13.8 Å². The summed E-state index contributed by atoms with van der Waals surface area (Å²) in [5.41, 5.74) is 1.61. The number of rotatable bonds is 10. The van der Waals surface area contributed by atoms with Gasteiger partial charge in [0.1, 0.15) is 48.7 Å². The lowest BCUT2D eigenvalue weighted by molar-refractivity contribution is -0.315. The number of carbonyl (C=O) groups is 4. The summed E-state index contributed by atoms with van der Waals surface area (Å²) in [4.78, 5) is 49.1. The van der Waals surface area contributed by atoms with Crippen molar-refractivity contribution in [2.75, 3.05) is 19.8 Å². The highest BCUT2D eigenvalue weighted by atomic mass is 16.7. The molecular formula is C27H39N3O13. The Morgan fingerprint density at radius 1 is 0.814 bits per heavy atom. The SMILES string of the molecule is CC(=O)N[C@@H]1[C@@H](O)[C@H](O[C@@H]2O[C@H](CO)[C@@H](O)[C@H](O)[C@H]2NC(C)=O)[C@@H](CO)O[C@H]1NC(=O)COC(=O)c1c(C)cccc1C. The van der Waals surface area contributed by atoms with Gasteiger partial charge in [0.15, 0.2) is 19.1 Å². The summed E-state index contributed by atoms with van der Waals surface area (Å²) in [5, 5.41) is 59.0. The molecule has 16 nitrogen and oxygen atoms in total. The zero-order valence-electron chi connectivity index (χ0n) is 24.1. The number of carbonyl (C=O) groups excluding carboxylic acids is 4. The van der Waals surface area contributed by atoms with Crippen molar-refractivity contribution >= 4 is 23.7 Å². The largest absolute Gasteiger partial charge is 0.452 e. The van der Waals surface area contributed by atoms with E-state index in [0.29, 0.717) is 16.7 Å². The summed E-state index contributed by atoms with van der Waals surface area (Å²) >= 11 is 0. The molecule has 0 saturated carbocycles. The molecular weight excluding hydrogens is 574 g/mol. The van der Waals surface area contributed by atoms with Gasteiger partial charge in [-0.25, -0.2) is 4.79 Å². The number of nitrogens with one attached hydrogen (secondary N) is 3. The highest BCUT2D eigenvalue weighted by Crippen LogP contribution is 2.29. The number of amides is 3. The van der Waals surface area contributed by atoms with E-state index in [0.717, 1.165) is 13.8 Å². The van der Waals surface area contributed by atoms with Crippen molar-refractivity contribution in [2.24, 2.45) is 0 Å². The van der Waals surface area contributed by atoms with E-state index in [1.165, 1.54) is 0 Å². The zero-order valence-corrected chi connectivity index (χ0v) is 24.1. The molecule has 43 heavy (non-hydrogen) atoms. The number of aliphatic hydroxyl groups excluding tert-OH is 5. The maximum atomic E-state index is 12.7. The lowest BCUT2D eigenvalue weighted by Crippen LogP contribution is -2.71. The van der Waals surface area contributed by atoms with Crippen LogP contribution in [0.5, 0.6) is 0 Å². The average molecular weight is 614 g/mol. The first-order valence-electron chi connectivity index (χ1n) is 13.6. The molecule has 0 aromatic heterocycles. The lowest BCUT2D eigenvalue weighted by atomic mass is 9.94. The molecule has 3 rings (SSSR count). The molecule has 0 spiro atoms. The predicted octanol–water partition coefficient (Wildman–Crippen LogP) is -3.51. The highest BCUT2D eigenvalue weighted by molar-refractivity contribution is 5.94. The Morgan fingerprint density at radius 3 is 1.95 bits per heavy atom. The molecule has 0 radical (unpaired) electrons. The van der Waals surface area contributed by atoms with Crippen molar-refractivity contribution in [1.82, 2.24) is 16.0 Å². The zero-order chi connectivity index (χ0) is 32.0. The molecule has 1 aromatic carbocycles. The molecule has 2 aliphatic rings. The highest BCUT2D eigenvalue weighted by Gasteiger charge is 2.51. The number of ether oxygens (including phenoxy) is 4. The molecule has 8 N–H and O–H groups in total. The van der Waals surface area contributed by atoms with Gasteiger partial charge in [-0.05, 0) is 25.0 Å². The first-order chi connectivity index (χ1) is 20.3. The molecule has 10 atom stereocenters. The van der Waals surface area contributed by atoms with Gasteiger partial charge in [-0.1, -0.05) is 18.2 Å². The first-order valence-corrected chi connectivity index (χ1v) is 13.6. The Labute approximate surface area is 247 Å². The molecule has 16 heteroatoms. The monoisotopic (exact) mass is 613 g/mol. The van der Waals surface area contributed by atoms with E-state index in [9.17, 15) is 44.7 Å². The molecule has 3 amide bonds. The second kappa shape index (κ2) is 15.0. The van der Waals surface area contributed by atoms with Crippen LogP contribution < -0.4 is 16.0 Å². The van der Waals surface area contributed by atoms with Gasteiger partial charge >= 0.3 is 5.97 Å². The van der Waals surface area contributed by atoms with Crippen molar-refractivity contribution < 1.29 is 63.7 Å². The van der Waals surface area contributed by atoms with Crippen LogP contribution in [0.25, 0.3) is 0 Å². The molecule has 0 unspecified atom stereocenters. The molecule has 1 aromatic rings. The van der Waals surface area contributed by atoms with Crippen LogP contribution in [0.4, 0.5) is 0 Å². The molecule has 0 aliphatic carbocycles. The smallest absolute Gasteiger partial charge is 0.339 e. The minimum Gasteiger partial charge on any atom is -0.452 e. The van der Waals surface area contributed by atoms with Crippen LogP contribution in [0.3, 0.4) is 0 Å². The number of aliphatic hydroxyl groups is 5. The van der Waals surface area contributed by atoms with Crippen LogP contribution in [0, 0.1) is 13.8 Å². The number of hydrogen-bond acceptors (Lipinski definition) is 13. The Morgan fingerprint density at radius 2 is 1.40 bits per heavy atom. The van der Waals surface area contributed by atoms with Crippen LogP contribution in [0.2, 0.25) is 0 Å². The van der Waals surface area contributed by atoms with Gasteiger partial charge in [-0.15, -0.1) is 0 Å². The van der Waals surface area contributed by atoms with Crippen molar-refractivity contribution in [3.05, 3.63) is 34.9 Å². The number of hydrogen-bond donors (Lipinski definition) is 8. The van der Waals surface area contributed by atoms with Crippen molar-refractivity contribution in [3.63, 3.8) is 0 Å². The van der Waals surface area contributed by atoms with E-state index in [1.54, 1.807) is 32.0 Å². The summed E-state index contributed by atoms with van der Waals surface area (Å²) < 4.78 is 22.3. The third-order valence-corrected chi connectivity index (χ3v) is 7.13. The van der Waals surface area contributed by atoms with E-state index in [-0.39, 0.29) is 0 Å². The van der Waals surface area contributed by atoms with E-state index in [4.69, 9.17) is 18.9 Å². The van der Waals surface area contributed by atoms with Gasteiger partial charge < -0.3 is 60.4 Å². The summed E-state index contributed by atoms with van der Waals surface area (Å²) in [7, 11) is 0.